The molecule has 0 N–H and O–H groups in total. The van der Waals surface area contributed by atoms with Crippen molar-refractivity contribution in [2.45, 2.75) is 0 Å². The smallest absolute Gasteiger partial charge is 0.305 e. The van der Waals surface area contributed by atoms with Gasteiger partial charge in [0.15, 0.2) is 0 Å². The molecule has 0 bridgehead atoms. The van der Waals surface area contributed by atoms with Crippen molar-refractivity contribution in [1.29, 1.82) is 0 Å². The van der Waals surface area contributed by atoms with E-state index in [1.54, 1.807) is 0 Å². The maximum absolute atomic E-state index is 4.96. The topological polar surface area (TPSA) is 38.7 Å². The molecule has 13 rings (SSSR count). The van der Waals surface area contributed by atoms with Crippen LogP contribution in [0.25, 0.3) is 134 Å². The monoisotopic (exact) mass is 1160 g/mol. The predicted molar refractivity (Wildman–Crippen MR) is 314 cm³/mol. The van der Waals surface area contributed by atoms with Gasteiger partial charge in [-0.2, -0.15) is 0 Å². The summed E-state index contributed by atoms with van der Waals surface area (Å²) < 4.78 is 0. The van der Waals surface area contributed by atoms with E-state index >= 15 is 0 Å². The van der Waals surface area contributed by atoms with Crippen molar-refractivity contribution in [2.24, 2.45) is 0 Å². The van der Waals surface area contributed by atoms with Crippen LogP contribution in [0.2, 0.25) is 0 Å². The predicted octanol–water partition coefficient (Wildman–Crippen LogP) is 18.8. The van der Waals surface area contributed by atoms with Crippen molar-refractivity contribution in [3.8, 4) is 123 Å². The SMILES string of the molecule is [Ir+3].[c-]1cc(-c2ccccc2-c2cc(-c3ccccc3-c3c[c-]c(-c4ccccn4)cc3)cc(-c3ccccc3-c3c[c-]c(-c4cc5ccccc5cn4)cc3-c3ccc(-c4ccccc4)cc3)c2)ccc1-c1ccccn1. The van der Waals surface area contributed by atoms with Crippen LogP contribution in [0, 0.1) is 18.2 Å². The number of benzene rings is 10. The van der Waals surface area contributed by atoms with E-state index < -0.39 is 0 Å². The molecule has 0 saturated carbocycles. The van der Waals surface area contributed by atoms with Crippen LogP contribution >= 0.6 is 0 Å². The summed E-state index contributed by atoms with van der Waals surface area (Å²) in [6, 6.07) is 103. The number of rotatable bonds is 11. The van der Waals surface area contributed by atoms with Gasteiger partial charge in [-0.1, -0.05) is 221 Å². The third-order valence-electron chi connectivity index (χ3n) is 14.2. The van der Waals surface area contributed by atoms with Crippen molar-refractivity contribution in [3.05, 3.63) is 298 Å². The van der Waals surface area contributed by atoms with E-state index in [0.717, 1.165) is 122 Å². The molecule has 0 amide bonds. The van der Waals surface area contributed by atoms with Crippen LogP contribution < -0.4 is 0 Å². The molecule has 3 nitrogen and oxygen atoms in total. The third kappa shape index (κ3) is 10.00. The zero-order valence-corrected chi connectivity index (χ0v) is 44.1. The third-order valence-corrected chi connectivity index (χ3v) is 14.2. The van der Waals surface area contributed by atoms with E-state index in [1.807, 2.05) is 55.0 Å². The molecule has 4 heteroatoms. The molecule has 0 atom stereocenters. The standard InChI is InChI=1S/C73H46N3.Ir/c1-2-16-50(17-3-1)51-28-30-54(31-29-51)70-47-58(73-48-57-18-4-5-19-59(57)49-76-73)40-41-69(70)68-25-11-10-24-67(68)62-45-60(65-22-8-6-20-63(65)52-32-36-55(37-33-52)71-26-12-14-42-74-71)44-61(46-62)66-23-9-7-21-64(66)53-34-38-56(39-35-53)72-27-13-15-43-75-72;/h1-36,38,41-49H;/q-3;+3. The Morgan fingerprint density at radius 2 is 0.662 bits per heavy atom. The van der Waals surface area contributed by atoms with Gasteiger partial charge < -0.3 is 15.0 Å². The van der Waals surface area contributed by atoms with Gasteiger partial charge in [0.25, 0.3) is 0 Å². The normalized spacial score (nSPS) is 11.0. The molecule has 0 aliphatic rings. The van der Waals surface area contributed by atoms with Gasteiger partial charge in [0, 0.05) is 18.6 Å². The van der Waals surface area contributed by atoms with E-state index in [1.165, 1.54) is 11.1 Å². The molecule has 0 aliphatic heterocycles. The minimum absolute atomic E-state index is 0. The van der Waals surface area contributed by atoms with Gasteiger partial charge in [-0.25, -0.2) is 0 Å². The van der Waals surface area contributed by atoms with Crippen molar-refractivity contribution in [3.63, 3.8) is 0 Å². The minimum atomic E-state index is 0. The molecule has 0 fully saturated rings. The molecule has 0 saturated heterocycles. The molecular weight excluding hydrogens is 1110 g/mol. The number of pyridine rings is 3. The summed E-state index contributed by atoms with van der Waals surface area (Å²) in [4.78, 5) is 14.2. The molecule has 0 unspecified atom stereocenters. The van der Waals surface area contributed by atoms with E-state index in [0.29, 0.717) is 0 Å². The molecule has 3 heterocycles. The Morgan fingerprint density at radius 1 is 0.234 bits per heavy atom. The average molecular weight is 1160 g/mol. The van der Waals surface area contributed by atoms with Crippen LogP contribution in [0.1, 0.15) is 0 Å². The molecule has 10 aromatic carbocycles. The summed E-state index contributed by atoms with van der Waals surface area (Å²) in [6.07, 6.45) is 5.61. The Labute approximate surface area is 463 Å². The van der Waals surface area contributed by atoms with Gasteiger partial charge >= 0.3 is 20.1 Å². The number of fused-ring (bicyclic) bond motifs is 1. The number of nitrogens with zero attached hydrogens (tertiary/aromatic N) is 3. The fourth-order valence-electron chi connectivity index (χ4n) is 10.4. The number of hydrogen-bond acceptors (Lipinski definition) is 3. The quantitative estimate of drug-likeness (QED) is 0.121. The van der Waals surface area contributed by atoms with Crippen LogP contribution in [0.3, 0.4) is 0 Å². The second kappa shape index (κ2) is 21.8. The molecule has 0 radical (unpaired) electrons. The summed E-state index contributed by atoms with van der Waals surface area (Å²) in [5.41, 5.74) is 23.2. The van der Waals surface area contributed by atoms with Crippen molar-refractivity contribution in [1.82, 2.24) is 15.0 Å². The number of aromatic nitrogens is 3. The van der Waals surface area contributed by atoms with E-state index in [4.69, 9.17) is 4.98 Å². The van der Waals surface area contributed by atoms with Gasteiger partial charge in [0.2, 0.25) is 0 Å². The van der Waals surface area contributed by atoms with E-state index in [2.05, 4.69) is 253 Å². The van der Waals surface area contributed by atoms with Crippen LogP contribution in [0.4, 0.5) is 0 Å². The minimum Gasteiger partial charge on any atom is -0.305 e. The van der Waals surface area contributed by atoms with Crippen LogP contribution in [0.15, 0.2) is 279 Å². The molecule has 13 aromatic rings. The van der Waals surface area contributed by atoms with Gasteiger partial charge in [-0.3, -0.25) is 0 Å². The maximum Gasteiger partial charge on any atom is 3.00 e. The van der Waals surface area contributed by atoms with Gasteiger partial charge in [0.1, 0.15) is 0 Å². The first-order valence-corrected chi connectivity index (χ1v) is 25.5. The van der Waals surface area contributed by atoms with Crippen LogP contribution in [-0.4, -0.2) is 15.0 Å². The summed E-state index contributed by atoms with van der Waals surface area (Å²) >= 11 is 0. The van der Waals surface area contributed by atoms with E-state index in [-0.39, 0.29) is 20.1 Å². The fraction of sp³-hybridized carbons (Fsp3) is 0. The second-order valence-corrected chi connectivity index (χ2v) is 18.9. The number of hydrogen-bond donors (Lipinski definition) is 0. The van der Waals surface area contributed by atoms with Crippen LogP contribution in [-0.2, 0) is 20.1 Å². The Bertz CT molecular complexity index is 4030. The zero-order valence-electron chi connectivity index (χ0n) is 41.7. The largest absolute Gasteiger partial charge is 3.00 e. The van der Waals surface area contributed by atoms with Gasteiger partial charge in [-0.05, 0) is 108 Å². The molecular formula is C73H46IrN3. The zero-order chi connectivity index (χ0) is 50.6. The van der Waals surface area contributed by atoms with Crippen molar-refractivity contribution >= 4 is 10.8 Å². The molecule has 77 heavy (non-hydrogen) atoms. The summed E-state index contributed by atoms with van der Waals surface area (Å²) in [5.74, 6) is 0. The Kier molecular flexibility index (Phi) is 13.7. The summed E-state index contributed by atoms with van der Waals surface area (Å²) in [7, 11) is 0. The average Bonchev–Trinajstić information content (AvgIpc) is 3.55. The summed E-state index contributed by atoms with van der Waals surface area (Å²) in [5, 5.41) is 2.25. The first-order valence-electron chi connectivity index (χ1n) is 25.5. The Balaban J connectivity index is 0.00000596. The van der Waals surface area contributed by atoms with Crippen molar-refractivity contribution in [2.75, 3.05) is 0 Å². The Morgan fingerprint density at radius 3 is 1.18 bits per heavy atom. The first kappa shape index (κ1) is 48.5. The van der Waals surface area contributed by atoms with Gasteiger partial charge in [-0.15, -0.1) is 83.4 Å². The second-order valence-electron chi connectivity index (χ2n) is 18.9. The molecule has 362 valence electrons. The van der Waals surface area contributed by atoms with Gasteiger partial charge in [0.05, 0.1) is 0 Å². The fourth-order valence-corrected chi connectivity index (χ4v) is 10.4. The molecule has 0 spiro atoms. The van der Waals surface area contributed by atoms with Crippen LogP contribution in [0.5, 0.6) is 0 Å². The first-order chi connectivity index (χ1) is 37.7. The van der Waals surface area contributed by atoms with Crippen molar-refractivity contribution < 1.29 is 20.1 Å². The van der Waals surface area contributed by atoms with E-state index in [9.17, 15) is 0 Å². The molecule has 3 aromatic heterocycles. The Hall–Kier alpha value is -9.44. The molecule has 0 aliphatic carbocycles. The summed E-state index contributed by atoms with van der Waals surface area (Å²) in [6.45, 7) is 0. The maximum atomic E-state index is 4.96.